The Bertz CT molecular complexity index is 79.9. The van der Waals surface area contributed by atoms with Gasteiger partial charge >= 0.3 is 0 Å². The molecule has 12 heavy (non-hydrogen) atoms. The molecule has 0 aliphatic rings. The highest BCUT2D eigenvalue weighted by molar-refractivity contribution is 5.72. The second-order valence-electron chi connectivity index (χ2n) is 2.33. The number of amides is 1. The fourth-order valence-electron chi connectivity index (χ4n) is 0.348. The van der Waals surface area contributed by atoms with E-state index in [1.807, 2.05) is 27.7 Å². The van der Waals surface area contributed by atoms with Gasteiger partial charge in [-0.2, -0.15) is 0 Å². The highest BCUT2D eigenvalue weighted by atomic mass is 16.1. The summed E-state index contributed by atoms with van der Waals surface area (Å²) in [6.07, 6.45) is 0. The first-order valence-corrected chi connectivity index (χ1v) is 4.87. The van der Waals surface area contributed by atoms with Crippen molar-refractivity contribution in [1.82, 2.24) is 5.32 Å². The van der Waals surface area contributed by atoms with Crippen LogP contribution in [0.2, 0.25) is 0 Å². The molecular formula is C10H25NO. The molecule has 2 heteroatoms. The second-order valence-corrected chi connectivity index (χ2v) is 2.33. The highest BCUT2D eigenvalue weighted by Crippen LogP contribution is 1.85. The first-order valence-electron chi connectivity index (χ1n) is 4.87. The summed E-state index contributed by atoms with van der Waals surface area (Å²) < 4.78 is 0. The van der Waals surface area contributed by atoms with Crippen LogP contribution in [0.25, 0.3) is 0 Å². The number of hydrogen-bond donors (Lipinski definition) is 1. The van der Waals surface area contributed by atoms with E-state index in [-0.39, 0.29) is 5.91 Å². The summed E-state index contributed by atoms with van der Waals surface area (Å²) in [5.74, 6) is 0.609. The maximum absolute atomic E-state index is 10.2. The molecule has 0 aromatic rings. The molecule has 0 atom stereocenters. The van der Waals surface area contributed by atoms with Crippen molar-refractivity contribution in [2.24, 2.45) is 5.92 Å². The molecule has 1 amide bonds. The maximum atomic E-state index is 10.2. The van der Waals surface area contributed by atoms with Crippen molar-refractivity contribution >= 4 is 5.91 Å². The van der Waals surface area contributed by atoms with Gasteiger partial charge in [-0.15, -0.1) is 0 Å². The molecule has 0 heterocycles. The maximum Gasteiger partial charge on any atom is 0.216 e. The molecule has 0 fully saturated rings. The van der Waals surface area contributed by atoms with Crippen LogP contribution in [-0.2, 0) is 4.79 Å². The molecule has 0 aliphatic heterocycles. The molecule has 0 unspecified atom stereocenters. The second kappa shape index (κ2) is 16.8. The van der Waals surface area contributed by atoms with Gasteiger partial charge in [0.25, 0.3) is 0 Å². The Morgan fingerprint density at radius 2 is 1.50 bits per heavy atom. The van der Waals surface area contributed by atoms with E-state index in [4.69, 9.17) is 0 Å². The van der Waals surface area contributed by atoms with Crippen molar-refractivity contribution < 1.29 is 4.79 Å². The first kappa shape index (κ1) is 17.5. The minimum Gasteiger partial charge on any atom is -0.356 e. The summed E-state index contributed by atoms with van der Waals surface area (Å²) in [6, 6.07) is 0. The van der Waals surface area contributed by atoms with E-state index >= 15 is 0 Å². The fourth-order valence-corrected chi connectivity index (χ4v) is 0.348. The minimum atomic E-state index is 0.0544. The Morgan fingerprint density at radius 1 is 1.17 bits per heavy atom. The number of carbonyl (C=O) groups excluding carboxylic acids is 1. The summed E-state index contributed by atoms with van der Waals surface area (Å²) in [6.45, 7) is 14.4. The van der Waals surface area contributed by atoms with Crippen LogP contribution in [0.4, 0.5) is 0 Å². The van der Waals surface area contributed by atoms with Crippen molar-refractivity contribution in [2.45, 2.75) is 48.5 Å². The Kier molecular flexibility index (Phi) is 24.6. The SMILES string of the molecule is CC.CC.CC(=O)NCC(C)C. The average molecular weight is 175 g/mol. The standard InChI is InChI=1S/C6H13NO.2C2H6/c1-5(2)4-7-6(3)8;2*1-2/h5H,4H2,1-3H3,(H,7,8);2*1-2H3. The summed E-state index contributed by atoms with van der Waals surface area (Å²) in [5.41, 5.74) is 0. The van der Waals surface area contributed by atoms with Gasteiger partial charge in [0, 0.05) is 13.5 Å². The van der Waals surface area contributed by atoms with Crippen LogP contribution in [0.3, 0.4) is 0 Å². The third-order valence-electron chi connectivity index (χ3n) is 0.759. The molecule has 0 radical (unpaired) electrons. The lowest BCUT2D eigenvalue weighted by Gasteiger charge is -2.02. The van der Waals surface area contributed by atoms with Crippen molar-refractivity contribution in [3.63, 3.8) is 0 Å². The van der Waals surface area contributed by atoms with Crippen molar-refractivity contribution in [1.29, 1.82) is 0 Å². The summed E-state index contributed by atoms with van der Waals surface area (Å²) in [4.78, 5) is 10.2. The highest BCUT2D eigenvalue weighted by Gasteiger charge is 1.92. The van der Waals surface area contributed by atoms with Crippen molar-refractivity contribution in [2.75, 3.05) is 6.54 Å². The smallest absolute Gasteiger partial charge is 0.216 e. The number of carbonyl (C=O) groups is 1. The summed E-state index contributed by atoms with van der Waals surface area (Å²) in [7, 11) is 0. The van der Waals surface area contributed by atoms with Gasteiger partial charge in [-0.3, -0.25) is 4.79 Å². The molecule has 76 valence electrons. The van der Waals surface area contributed by atoms with Gasteiger partial charge in [0.15, 0.2) is 0 Å². The molecule has 0 bridgehead atoms. The Balaban J connectivity index is -0.000000175. The lowest BCUT2D eigenvalue weighted by Crippen LogP contribution is -2.24. The van der Waals surface area contributed by atoms with E-state index in [1.165, 1.54) is 6.92 Å². The average Bonchev–Trinajstić information content (AvgIpc) is 2.08. The van der Waals surface area contributed by atoms with Gasteiger partial charge in [-0.25, -0.2) is 0 Å². The van der Waals surface area contributed by atoms with E-state index in [0.29, 0.717) is 5.92 Å². The van der Waals surface area contributed by atoms with Crippen LogP contribution in [-0.4, -0.2) is 12.5 Å². The van der Waals surface area contributed by atoms with Gasteiger partial charge in [0.2, 0.25) is 5.91 Å². The molecule has 0 aliphatic carbocycles. The van der Waals surface area contributed by atoms with Gasteiger partial charge in [-0.1, -0.05) is 41.5 Å². The molecule has 1 N–H and O–H groups in total. The van der Waals surface area contributed by atoms with Crippen LogP contribution in [0.1, 0.15) is 48.5 Å². The quantitative estimate of drug-likeness (QED) is 0.687. The van der Waals surface area contributed by atoms with Gasteiger partial charge in [-0.05, 0) is 5.92 Å². The Morgan fingerprint density at radius 3 is 1.58 bits per heavy atom. The normalized spacial score (nSPS) is 7.33. The lowest BCUT2D eigenvalue weighted by atomic mass is 10.2. The van der Waals surface area contributed by atoms with E-state index in [0.717, 1.165) is 6.54 Å². The molecule has 0 spiro atoms. The predicted octanol–water partition coefficient (Wildman–Crippen LogP) is 2.83. The zero-order valence-electron chi connectivity index (χ0n) is 9.69. The monoisotopic (exact) mass is 175 g/mol. The van der Waals surface area contributed by atoms with Crippen molar-refractivity contribution in [3.8, 4) is 0 Å². The van der Waals surface area contributed by atoms with Crippen LogP contribution in [0.15, 0.2) is 0 Å². The Hall–Kier alpha value is -0.530. The third kappa shape index (κ3) is 34.0. The van der Waals surface area contributed by atoms with E-state index in [1.54, 1.807) is 0 Å². The Labute approximate surface area is 77.7 Å². The zero-order chi connectivity index (χ0) is 10.6. The molecule has 0 saturated carbocycles. The van der Waals surface area contributed by atoms with Gasteiger partial charge < -0.3 is 5.32 Å². The van der Waals surface area contributed by atoms with Gasteiger partial charge in [0.05, 0.1) is 0 Å². The van der Waals surface area contributed by atoms with E-state index < -0.39 is 0 Å². The van der Waals surface area contributed by atoms with E-state index in [9.17, 15) is 4.79 Å². The summed E-state index contributed by atoms with van der Waals surface area (Å²) in [5, 5.41) is 2.71. The molecule has 0 rings (SSSR count). The summed E-state index contributed by atoms with van der Waals surface area (Å²) >= 11 is 0. The first-order chi connectivity index (χ1) is 5.63. The molecule has 2 nitrogen and oxygen atoms in total. The predicted molar refractivity (Wildman–Crippen MR) is 56.2 cm³/mol. The lowest BCUT2D eigenvalue weighted by molar-refractivity contribution is -0.119. The minimum absolute atomic E-state index is 0.0544. The van der Waals surface area contributed by atoms with Crippen LogP contribution in [0.5, 0.6) is 0 Å². The molecule has 0 saturated heterocycles. The number of nitrogens with one attached hydrogen (secondary N) is 1. The number of rotatable bonds is 2. The molecular weight excluding hydrogens is 150 g/mol. The van der Waals surface area contributed by atoms with Crippen LogP contribution in [0, 0.1) is 5.92 Å². The van der Waals surface area contributed by atoms with Gasteiger partial charge in [0.1, 0.15) is 0 Å². The topological polar surface area (TPSA) is 29.1 Å². The largest absolute Gasteiger partial charge is 0.356 e. The van der Waals surface area contributed by atoms with Crippen LogP contribution >= 0.6 is 0 Å². The third-order valence-corrected chi connectivity index (χ3v) is 0.759. The zero-order valence-corrected chi connectivity index (χ0v) is 9.69. The van der Waals surface area contributed by atoms with Crippen LogP contribution < -0.4 is 5.32 Å². The number of hydrogen-bond acceptors (Lipinski definition) is 1. The molecule has 0 aromatic heterocycles. The van der Waals surface area contributed by atoms with E-state index in [2.05, 4.69) is 19.2 Å². The van der Waals surface area contributed by atoms with Crippen molar-refractivity contribution in [3.05, 3.63) is 0 Å². The molecule has 0 aromatic carbocycles. The fraction of sp³-hybridized carbons (Fsp3) is 0.900.